The fraction of sp³-hybridized carbons (Fsp3) is 1.00. The molecule has 1 fully saturated rings. The Balaban J connectivity index is 3.34. The molecule has 102 valence electrons. The van der Waals surface area contributed by atoms with Crippen molar-refractivity contribution in [2.45, 2.75) is 30.4 Å². The standard InChI is InChI=1S/C5F10O2/c6-2(7,8)1(3(9,10)11)16-4(12,13)5(14,15)17-1. The van der Waals surface area contributed by atoms with Gasteiger partial charge in [-0.05, 0) is 0 Å². The fourth-order valence-corrected chi connectivity index (χ4v) is 0.893. The number of alkyl halides is 10. The van der Waals surface area contributed by atoms with Crippen molar-refractivity contribution in [2.75, 3.05) is 0 Å². The van der Waals surface area contributed by atoms with Gasteiger partial charge in [0.15, 0.2) is 0 Å². The highest BCUT2D eigenvalue weighted by atomic mass is 19.4. The normalized spacial score (nSPS) is 27.2. The zero-order valence-electron chi connectivity index (χ0n) is 7.10. The number of rotatable bonds is 0. The summed E-state index contributed by atoms with van der Waals surface area (Å²) >= 11 is 0. The van der Waals surface area contributed by atoms with Crippen LogP contribution in [0, 0.1) is 0 Å². The first-order chi connectivity index (χ1) is 7.16. The largest absolute Gasteiger partial charge is 0.453 e. The molecule has 0 aromatic rings. The molecule has 12 heteroatoms. The number of hydrogen-bond acceptors (Lipinski definition) is 2. The maximum absolute atomic E-state index is 12.2. The van der Waals surface area contributed by atoms with Gasteiger partial charge in [0, 0.05) is 0 Å². The molecule has 0 radical (unpaired) electrons. The first-order valence-electron chi connectivity index (χ1n) is 3.46. The smallest absolute Gasteiger partial charge is 0.264 e. The van der Waals surface area contributed by atoms with Crippen LogP contribution in [-0.2, 0) is 9.47 Å². The van der Waals surface area contributed by atoms with Crippen LogP contribution < -0.4 is 0 Å². The second-order valence-corrected chi connectivity index (χ2v) is 2.85. The molecule has 0 atom stereocenters. The summed E-state index contributed by atoms with van der Waals surface area (Å²) in [6.07, 6.45) is -25.4. The van der Waals surface area contributed by atoms with Gasteiger partial charge in [-0.2, -0.15) is 43.9 Å². The third-order valence-corrected chi connectivity index (χ3v) is 1.63. The van der Waals surface area contributed by atoms with Crippen LogP contribution in [0.25, 0.3) is 0 Å². The third kappa shape index (κ3) is 1.82. The highest BCUT2D eigenvalue weighted by Gasteiger charge is 2.88. The second kappa shape index (κ2) is 3.16. The first-order valence-corrected chi connectivity index (χ1v) is 3.46. The van der Waals surface area contributed by atoms with Crippen molar-refractivity contribution in [3.63, 3.8) is 0 Å². The van der Waals surface area contributed by atoms with Crippen molar-refractivity contribution in [3.8, 4) is 0 Å². The summed E-state index contributed by atoms with van der Waals surface area (Å²) in [7, 11) is 0. The maximum atomic E-state index is 12.2. The van der Waals surface area contributed by atoms with Crippen molar-refractivity contribution in [2.24, 2.45) is 0 Å². The molecule has 1 heterocycles. The van der Waals surface area contributed by atoms with Crippen LogP contribution >= 0.6 is 0 Å². The van der Waals surface area contributed by atoms with Gasteiger partial charge in [0.1, 0.15) is 0 Å². The molecule has 0 aromatic heterocycles. The Bertz CT molecular complexity index is 282. The molecular formula is C5F10O2. The summed E-state index contributed by atoms with van der Waals surface area (Å²) in [6.45, 7) is 0. The predicted molar refractivity (Wildman–Crippen MR) is 26.9 cm³/mol. The minimum atomic E-state index is -6.66. The van der Waals surface area contributed by atoms with Gasteiger partial charge in [-0.3, -0.25) is 9.47 Å². The molecule has 1 saturated heterocycles. The highest BCUT2D eigenvalue weighted by Crippen LogP contribution is 2.59. The molecule has 0 bridgehead atoms. The van der Waals surface area contributed by atoms with Crippen molar-refractivity contribution >= 4 is 0 Å². The molecule has 1 aliphatic rings. The van der Waals surface area contributed by atoms with Crippen LogP contribution in [0.5, 0.6) is 0 Å². The Morgan fingerprint density at radius 1 is 0.588 bits per heavy atom. The van der Waals surface area contributed by atoms with E-state index in [0.29, 0.717) is 0 Å². The van der Waals surface area contributed by atoms with Crippen LogP contribution in [0.15, 0.2) is 0 Å². The fourth-order valence-electron chi connectivity index (χ4n) is 0.893. The van der Waals surface area contributed by atoms with Crippen LogP contribution in [0.2, 0.25) is 0 Å². The Morgan fingerprint density at radius 3 is 0.941 bits per heavy atom. The van der Waals surface area contributed by atoms with Crippen molar-refractivity contribution in [3.05, 3.63) is 0 Å². The zero-order valence-corrected chi connectivity index (χ0v) is 7.10. The molecular weight excluding hydrogens is 282 g/mol. The molecule has 1 rings (SSSR count). The monoisotopic (exact) mass is 282 g/mol. The molecule has 0 spiro atoms. The Labute approximate surface area is 85.1 Å². The van der Waals surface area contributed by atoms with Gasteiger partial charge in [-0.25, -0.2) is 0 Å². The van der Waals surface area contributed by atoms with Crippen molar-refractivity contribution in [1.82, 2.24) is 0 Å². The van der Waals surface area contributed by atoms with Gasteiger partial charge < -0.3 is 0 Å². The van der Waals surface area contributed by atoms with Crippen molar-refractivity contribution in [1.29, 1.82) is 0 Å². The van der Waals surface area contributed by atoms with Gasteiger partial charge in [-0.1, -0.05) is 0 Å². The quantitative estimate of drug-likeness (QED) is 0.636. The van der Waals surface area contributed by atoms with Crippen LogP contribution in [0.1, 0.15) is 0 Å². The van der Waals surface area contributed by atoms with E-state index in [-0.39, 0.29) is 0 Å². The van der Waals surface area contributed by atoms with E-state index in [9.17, 15) is 43.9 Å². The van der Waals surface area contributed by atoms with Crippen LogP contribution in [0.4, 0.5) is 43.9 Å². The van der Waals surface area contributed by atoms with E-state index in [2.05, 4.69) is 9.47 Å². The molecule has 0 aliphatic carbocycles. The lowest BCUT2D eigenvalue weighted by Crippen LogP contribution is -2.58. The van der Waals surface area contributed by atoms with E-state index in [0.717, 1.165) is 0 Å². The zero-order chi connectivity index (χ0) is 13.9. The van der Waals surface area contributed by atoms with E-state index >= 15 is 0 Å². The lowest BCUT2D eigenvalue weighted by atomic mass is 10.2. The molecule has 0 amide bonds. The Morgan fingerprint density at radius 2 is 0.824 bits per heavy atom. The lowest BCUT2D eigenvalue weighted by Gasteiger charge is -2.30. The summed E-state index contributed by atoms with van der Waals surface area (Å²) in [6, 6.07) is 0. The molecule has 2 nitrogen and oxygen atoms in total. The minimum Gasteiger partial charge on any atom is -0.264 e. The third-order valence-electron chi connectivity index (χ3n) is 1.63. The van der Waals surface area contributed by atoms with Crippen molar-refractivity contribution < 1.29 is 53.4 Å². The van der Waals surface area contributed by atoms with Gasteiger partial charge in [-0.15, -0.1) is 0 Å². The number of hydrogen-bond donors (Lipinski definition) is 0. The van der Waals surface area contributed by atoms with E-state index in [4.69, 9.17) is 0 Å². The molecule has 0 unspecified atom stereocenters. The summed E-state index contributed by atoms with van der Waals surface area (Å²) in [5.74, 6) is -6.06. The van der Waals surface area contributed by atoms with Gasteiger partial charge >= 0.3 is 30.4 Å². The van der Waals surface area contributed by atoms with E-state index in [1.165, 1.54) is 0 Å². The van der Waals surface area contributed by atoms with Crippen LogP contribution in [-0.4, -0.2) is 30.4 Å². The van der Waals surface area contributed by atoms with Crippen LogP contribution in [0.3, 0.4) is 0 Å². The number of ether oxygens (including phenoxy) is 2. The lowest BCUT2D eigenvalue weighted by molar-refractivity contribution is -0.466. The molecule has 0 saturated carbocycles. The van der Waals surface area contributed by atoms with E-state index in [1.807, 2.05) is 0 Å². The second-order valence-electron chi connectivity index (χ2n) is 2.85. The van der Waals surface area contributed by atoms with Gasteiger partial charge in [0.2, 0.25) is 0 Å². The molecule has 0 N–H and O–H groups in total. The molecule has 0 aromatic carbocycles. The minimum absolute atomic E-state index is 2.12. The number of halogens is 10. The SMILES string of the molecule is FC(F)(F)C1(C(F)(F)F)OC(F)(F)C(F)(F)O1. The predicted octanol–water partition coefficient (Wildman–Crippen LogP) is 3.04. The van der Waals surface area contributed by atoms with E-state index < -0.39 is 30.4 Å². The van der Waals surface area contributed by atoms with Gasteiger partial charge in [0.05, 0.1) is 0 Å². The summed E-state index contributed by atoms with van der Waals surface area (Å²) < 4.78 is 125. The maximum Gasteiger partial charge on any atom is 0.453 e. The Kier molecular flexibility index (Phi) is 2.65. The first kappa shape index (κ1) is 14.3. The molecule has 1 aliphatic heterocycles. The summed E-state index contributed by atoms with van der Waals surface area (Å²) in [4.78, 5) is 0. The highest BCUT2D eigenvalue weighted by molar-refractivity contribution is 4.96. The van der Waals surface area contributed by atoms with E-state index in [1.54, 1.807) is 0 Å². The Hall–Kier alpha value is -0.780. The topological polar surface area (TPSA) is 18.5 Å². The molecule has 17 heavy (non-hydrogen) atoms. The average molecular weight is 282 g/mol. The summed E-state index contributed by atoms with van der Waals surface area (Å²) in [5.41, 5.74) is 0. The summed E-state index contributed by atoms with van der Waals surface area (Å²) in [5, 5.41) is 0. The average Bonchev–Trinajstić information content (AvgIpc) is 2.15. The van der Waals surface area contributed by atoms with Gasteiger partial charge in [0.25, 0.3) is 0 Å².